The molecule has 0 bridgehead atoms. The molecule has 9 heteroatoms. The van der Waals surface area contributed by atoms with Crippen LogP contribution >= 0.6 is 0 Å². The van der Waals surface area contributed by atoms with Gasteiger partial charge < -0.3 is 9.88 Å². The van der Waals surface area contributed by atoms with Crippen LogP contribution in [0.5, 0.6) is 0 Å². The van der Waals surface area contributed by atoms with Crippen LogP contribution in [0.2, 0.25) is 0 Å². The Balaban J connectivity index is 1.41. The van der Waals surface area contributed by atoms with E-state index in [2.05, 4.69) is 20.6 Å². The molecular formula is C22H18FN7O. The molecule has 5 aromatic rings. The van der Waals surface area contributed by atoms with Crippen molar-refractivity contribution in [3.63, 3.8) is 0 Å². The lowest BCUT2D eigenvalue weighted by Gasteiger charge is -2.11. The van der Waals surface area contributed by atoms with Crippen molar-refractivity contribution in [2.45, 2.75) is 6.42 Å². The lowest BCUT2D eigenvalue weighted by atomic mass is 10.2. The van der Waals surface area contributed by atoms with Gasteiger partial charge in [0.1, 0.15) is 22.9 Å². The van der Waals surface area contributed by atoms with E-state index >= 15 is 0 Å². The normalized spacial score (nSPS) is 11.1. The van der Waals surface area contributed by atoms with Crippen LogP contribution in [0.1, 0.15) is 16.2 Å². The number of fused-ring (bicyclic) bond motifs is 1. The Hall–Kier alpha value is -4.27. The van der Waals surface area contributed by atoms with Gasteiger partial charge in [0.15, 0.2) is 11.5 Å². The van der Waals surface area contributed by atoms with Crippen molar-refractivity contribution < 1.29 is 9.18 Å². The van der Waals surface area contributed by atoms with Gasteiger partial charge in [-0.1, -0.05) is 18.2 Å². The molecule has 0 fully saturated rings. The topological polar surface area (TPSA) is 82.0 Å². The second-order valence-corrected chi connectivity index (χ2v) is 6.89. The molecule has 0 atom stereocenters. The largest absolute Gasteiger partial charge is 0.351 e. The van der Waals surface area contributed by atoms with Gasteiger partial charge >= 0.3 is 0 Å². The molecule has 0 aliphatic rings. The highest BCUT2D eigenvalue weighted by Crippen LogP contribution is 2.21. The Morgan fingerprint density at radius 1 is 0.968 bits per heavy atom. The maximum absolute atomic E-state index is 14.4. The third-order valence-corrected chi connectivity index (χ3v) is 4.94. The summed E-state index contributed by atoms with van der Waals surface area (Å²) in [5.74, 6) is 0.480. The van der Waals surface area contributed by atoms with Crippen molar-refractivity contribution in [1.29, 1.82) is 0 Å². The van der Waals surface area contributed by atoms with Gasteiger partial charge in [-0.25, -0.2) is 9.07 Å². The smallest absolute Gasteiger partial charge is 0.256 e. The van der Waals surface area contributed by atoms with E-state index in [0.717, 1.165) is 11.5 Å². The number of nitrogens with one attached hydrogen (secondary N) is 1. The first-order valence-electron chi connectivity index (χ1n) is 9.75. The molecule has 0 saturated heterocycles. The second-order valence-electron chi connectivity index (χ2n) is 6.89. The van der Waals surface area contributed by atoms with Crippen LogP contribution in [0.15, 0.2) is 79.4 Å². The minimum absolute atomic E-state index is 0.264. The van der Waals surface area contributed by atoms with Gasteiger partial charge in [0.25, 0.3) is 5.91 Å². The van der Waals surface area contributed by atoms with Crippen LogP contribution in [-0.2, 0) is 6.42 Å². The molecule has 0 unspecified atom stereocenters. The van der Waals surface area contributed by atoms with Gasteiger partial charge in [0.05, 0.1) is 6.20 Å². The summed E-state index contributed by atoms with van der Waals surface area (Å²) in [6.07, 6.45) is 7.41. The summed E-state index contributed by atoms with van der Waals surface area (Å²) in [5.41, 5.74) is 1.36. The third kappa shape index (κ3) is 3.46. The van der Waals surface area contributed by atoms with Crippen molar-refractivity contribution in [1.82, 2.24) is 34.3 Å². The lowest BCUT2D eigenvalue weighted by molar-refractivity contribution is 0.0954. The average Bonchev–Trinajstić information content (AvgIpc) is 3.53. The fraction of sp³-hybridized carbons (Fsp3) is 0.0909. The summed E-state index contributed by atoms with van der Waals surface area (Å²) >= 11 is 0. The van der Waals surface area contributed by atoms with Crippen molar-refractivity contribution in [3.8, 4) is 11.5 Å². The molecule has 4 heterocycles. The minimum atomic E-state index is -0.426. The van der Waals surface area contributed by atoms with Crippen molar-refractivity contribution in [2.24, 2.45) is 0 Å². The number of pyridine rings is 1. The first kappa shape index (κ1) is 18.7. The van der Waals surface area contributed by atoms with Gasteiger partial charge in [0.2, 0.25) is 0 Å². The number of hydrogen-bond acceptors (Lipinski definition) is 4. The van der Waals surface area contributed by atoms with E-state index in [-0.39, 0.29) is 11.6 Å². The number of halogens is 1. The Morgan fingerprint density at radius 2 is 1.74 bits per heavy atom. The van der Waals surface area contributed by atoms with Crippen LogP contribution in [-0.4, -0.2) is 41.4 Å². The molecule has 5 rings (SSSR count). The van der Waals surface area contributed by atoms with Crippen molar-refractivity contribution >= 4 is 11.6 Å². The highest BCUT2D eigenvalue weighted by Gasteiger charge is 2.21. The number of carbonyl (C=O) groups excluding carboxylic acids is 1. The van der Waals surface area contributed by atoms with E-state index in [1.54, 1.807) is 35.2 Å². The average molecular weight is 415 g/mol. The Labute approximate surface area is 176 Å². The van der Waals surface area contributed by atoms with Gasteiger partial charge in [-0.2, -0.15) is 5.10 Å². The molecule has 0 saturated carbocycles. The standard InChI is InChI=1S/C22H18FN7O/c23-17-7-1-2-8-18(17)30-22(28-12-5-6-13-28)16(15-25-30)21(31)24-11-10-20-27-26-19-9-3-4-14-29(19)20/h1-9,12-15H,10-11H2,(H,24,31). The third-order valence-electron chi connectivity index (χ3n) is 4.94. The van der Waals surface area contributed by atoms with Crippen LogP contribution in [0.4, 0.5) is 4.39 Å². The van der Waals surface area contributed by atoms with E-state index in [4.69, 9.17) is 0 Å². The monoisotopic (exact) mass is 415 g/mol. The highest BCUT2D eigenvalue weighted by molar-refractivity contribution is 5.97. The number of nitrogens with zero attached hydrogens (tertiary/aromatic N) is 6. The summed E-state index contributed by atoms with van der Waals surface area (Å²) in [4.78, 5) is 13.0. The summed E-state index contributed by atoms with van der Waals surface area (Å²) in [7, 11) is 0. The first-order chi connectivity index (χ1) is 15.2. The van der Waals surface area contributed by atoms with Crippen LogP contribution in [0.3, 0.4) is 0 Å². The fourth-order valence-electron chi connectivity index (χ4n) is 3.47. The molecule has 0 aliphatic carbocycles. The van der Waals surface area contributed by atoms with Gasteiger partial charge in [-0.15, -0.1) is 10.2 Å². The predicted molar refractivity (Wildman–Crippen MR) is 112 cm³/mol. The lowest BCUT2D eigenvalue weighted by Crippen LogP contribution is -2.27. The van der Waals surface area contributed by atoms with E-state index in [1.807, 2.05) is 40.9 Å². The zero-order valence-electron chi connectivity index (χ0n) is 16.4. The summed E-state index contributed by atoms with van der Waals surface area (Å²) in [6, 6.07) is 15.6. The molecule has 0 spiro atoms. The van der Waals surface area contributed by atoms with E-state index in [9.17, 15) is 9.18 Å². The zero-order valence-corrected chi connectivity index (χ0v) is 16.4. The molecule has 1 aromatic carbocycles. The van der Waals surface area contributed by atoms with Gasteiger partial charge in [-0.3, -0.25) is 9.20 Å². The number of amides is 1. The summed E-state index contributed by atoms with van der Waals surface area (Å²) < 4.78 is 19.5. The Kier molecular flexibility index (Phi) is 4.75. The highest BCUT2D eigenvalue weighted by atomic mass is 19.1. The molecule has 0 radical (unpaired) electrons. The summed E-state index contributed by atoms with van der Waals surface area (Å²) in [6.45, 7) is 0.366. The van der Waals surface area contributed by atoms with E-state index in [1.165, 1.54) is 16.9 Å². The quantitative estimate of drug-likeness (QED) is 0.462. The van der Waals surface area contributed by atoms with Crippen LogP contribution in [0.25, 0.3) is 17.2 Å². The van der Waals surface area contributed by atoms with Crippen molar-refractivity contribution in [2.75, 3.05) is 6.54 Å². The number of hydrogen-bond donors (Lipinski definition) is 1. The van der Waals surface area contributed by atoms with Crippen molar-refractivity contribution in [3.05, 3.63) is 96.6 Å². The molecule has 8 nitrogen and oxygen atoms in total. The predicted octanol–water partition coefficient (Wildman–Crippen LogP) is 2.82. The number of para-hydroxylation sites is 1. The van der Waals surface area contributed by atoms with E-state index in [0.29, 0.717) is 24.3 Å². The fourth-order valence-corrected chi connectivity index (χ4v) is 3.47. The maximum atomic E-state index is 14.4. The Bertz CT molecular complexity index is 1350. The van der Waals surface area contributed by atoms with Crippen LogP contribution < -0.4 is 5.32 Å². The summed E-state index contributed by atoms with van der Waals surface area (Å²) in [5, 5.41) is 15.5. The van der Waals surface area contributed by atoms with E-state index < -0.39 is 5.82 Å². The zero-order chi connectivity index (χ0) is 21.2. The maximum Gasteiger partial charge on any atom is 0.256 e. The number of rotatable bonds is 6. The molecular weight excluding hydrogens is 397 g/mol. The second kappa shape index (κ2) is 7.86. The molecule has 31 heavy (non-hydrogen) atoms. The number of benzene rings is 1. The first-order valence-corrected chi connectivity index (χ1v) is 9.75. The Morgan fingerprint density at radius 3 is 2.58 bits per heavy atom. The molecule has 1 amide bonds. The molecule has 0 aliphatic heterocycles. The van der Waals surface area contributed by atoms with Gasteiger partial charge in [0, 0.05) is 31.6 Å². The minimum Gasteiger partial charge on any atom is -0.351 e. The number of aromatic nitrogens is 6. The van der Waals surface area contributed by atoms with Gasteiger partial charge in [-0.05, 0) is 36.4 Å². The number of carbonyl (C=O) groups is 1. The molecule has 1 N–H and O–H groups in total. The molecule has 4 aromatic heterocycles. The SMILES string of the molecule is O=C(NCCc1nnc2ccccn12)c1cnn(-c2ccccc2F)c1-n1cccc1. The molecule has 154 valence electrons. The van der Waals surface area contributed by atoms with Crippen LogP contribution in [0, 0.1) is 5.82 Å².